The Labute approximate surface area is 174 Å². The number of thiophene rings is 1. The second kappa shape index (κ2) is 9.18. The van der Waals surface area contributed by atoms with Crippen LogP contribution in [0, 0.1) is 0 Å². The summed E-state index contributed by atoms with van der Waals surface area (Å²) in [6, 6.07) is 9.26. The van der Waals surface area contributed by atoms with Gasteiger partial charge in [0, 0.05) is 12.6 Å². The van der Waals surface area contributed by atoms with E-state index < -0.39 is 5.97 Å². The third-order valence-corrected chi connectivity index (χ3v) is 5.90. The zero-order valence-electron chi connectivity index (χ0n) is 15.0. The quantitative estimate of drug-likeness (QED) is 0.446. The number of rotatable bonds is 7. The molecule has 0 aliphatic rings. The standard InChI is InChI=1S/C17H16ClN5O3S2/c1-3-26-16(25)13-12(10-7-5-4-6-8-10)14(18)28-15(13)19-11(24)9-27-17-20-21-22-23(17)2/h4-8H,3,9H2,1-2H3,(H,19,24). The van der Waals surface area contributed by atoms with Crippen LogP contribution in [0.4, 0.5) is 5.00 Å². The van der Waals surface area contributed by atoms with Gasteiger partial charge in [-0.2, -0.15) is 0 Å². The van der Waals surface area contributed by atoms with Gasteiger partial charge in [-0.25, -0.2) is 9.48 Å². The van der Waals surface area contributed by atoms with Crippen molar-refractivity contribution in [2.24, 2.45) is 7.05 Å². The maximum Gasteiger partial charge on any atom is 0.341 e. The number of ether oxygens (including phenoxy) is 1. The highest BCUT2D eigenvalue weighted by molar-refractivity contribution is 7.99. The van der Waals surface area contributed by atoms with Gasteiger partial charge in [-0.3, -0.25) is 4.79 Å². The summed E-state index contributed by atoms with van der Waals surface area (Å²) in [4.78, 5) is 25.0. The monoisotopic (exact) mass is 437 g/mol. The second-order valence-corrected chi connectivity index (χ2v) is 8.03. The van der Waals surface area contributed by atoms with Crippen LogP contribution in [0.15, 0.2) is 35.5 Å². The van der Waals surface area contributed by atoms with Crippen molar-refractivity contribution in [3.63, 3.8) is 0 Å². The lowest BCUT2D eigenvalue weighted by Gasteiger charge is -2.08. The van der Waals surface area contributed by atoms with Crippen molar-refractivity contribution in [3.8, 4) is 11.1 Å². The van der Waals surface area contributed by atoms with E-state index in [4.69, 9.17) is 16.3 Å². The van der Waals surface area contributed by atoms with Crippen molar-refractivity contribution in [1.29, 1.82) is 0 Å². The van der Waals surface area contributed by atoms with E-state index in [9.17, 15) is 9.59 Å². The lowest BCUT2D eigenvalue weighted by atomic mass is 10.0. The molecule has 0 atom stereocenters. The summed E-state index contributed by atoms with van der Waals surface area (Å²) < 4.78 is 7.05. The first-order valence-corrected chi connectivity index (χ1v) is 10.4. The molecule has 28 heavy (non-hydrogen) atoms. The number of anilines is 1. The summed E-state index contributed by atoms with van der Waals surface area (Å²) in [6.07, 6.45) is 0. The summed E-state index contributed by atoms with van der Waals surface area (Å²) in [7, 11) is 1.68. The largest absolute Gasteiger partial charge is 0.462 e. The highest BCUT2D eigenvalue weighted by Gasteiger charge is 2.26. The van der Waals surface area contributed by atoms with Crippen molar-refractivity contribution >= 4 is 51.6 Å². The number of aryl methyl sites for hydroxylation is 1. The Morgan fingerprint density at radius 2 is 2.07 bits per heavy atom. The number of carbonyl (C=O) groups is 2. The smallest absolute Gasteiger partial charge is 0.341 e. The van der Waals surface area contributed by atoms with Gasteiger partial charge in [0.25, 0.3) is 0 Å². The molecule has 3 aromatic rings. The molecule has 11 heteroatoms. The summed E-state index contributed by atoms with van der Waals surface area (Å²) in [6.45, 7) is 1.93. The van der Waals surface area contributed by atoms with E-state index in [0.717, 1.165) is 16.9 Å². The fraction of sp³-hybridized carbons (Fsp3) is 0.235. The van der Waals surface area contributed by atoms with Gasteiger partial charge < -0.3 is 10.1 Å². The number of hydrogen-bond donors (Lipinski definition) is 1. The predicted molar refractivity (Wildman–Crippen MR) is 109 cm³/mol. The second-order valence-electron chi connectivity index (χ2n) is 5.46. The van der Waals surface area contributed by atoms with Gasteiger partial charge in [0.15, 0.2) is 0 Å². The van der Waals surface area contributed by atoms with Crippen molar-refractivity contribution in [2.45, 2.75) is 12.1 Å². The molecule has 0 aliphatic carbocycles. The van der Waals surface area contributed by atoms with Crippen molar-refractivity contribution in [2.75, 3.05) is 17.7 Å². The van der Waals surface area contributed by atoms with Crippen LogP contribution in [0.25, 0.3) is 11.1 Å². The number of esters is 1. The van der Waals surface area contributed by atoms with E-state index in [2.05, 4.69) is 20.8 Å². The molecular weight excluding hydrogens is 422 g/mol. The molecule has 0 unspecified atom stereocenters. The summed E-state index contributed by atoms with van der Waals surface area (Å²) in [5.74, 6) is -0.770. The van der Waals surface area contributed by atoms with Gasteiger partial charge in [0.1, 0.15) is 14.9 Å². The number of carbonyl (C=O) groups excluding carboxylic acids is 2. The molecule has 3 rings (SSSR count). The third-order valence-electron chi connectivity index (χ3n) is 3.57. The summed E-state index contributed by atoms with van der Waals surface area (Å²) >= 11 is 8.72. The highest BCUT2D eigenvalue weighted by Crippen LogP contribution is 2.44. The van der Waals surface area contributed by atoms with Crippen molar-refractivity contribution in [3.05, 3.63) is 40.2 Å². The average molecular weight is 438 g/mol. The van der Waals surface area contributed by atoms with E-state index in [-0.39, 0.29) is 23.8 Å². The maximum atomic E-state index is 12.6. The highest BCUT2D eigenvalue weighted by atomic mass is 35.5. The molecule has 2 aromatic heterocycles. The van der Waals surface area contributed by atoms with E-state index in [1.54, 1.807) is 14.0 Å². The van der Waals surface area contributed by atoms with Crippen LogP contribution in [0.5, 0.6) is 0 Å². The fourth-order valence-corrected chi connectivity index (χ4v) is 4.43. The van der Waals surface area contributed by atoms with Gasteiger partial charge in [0.2, 0.25) is 11.1 Å². The molecule has 2 heterocycles. The minimum Gasteiger partial charge on any atom is -0.462 e. The molecule has 146 valence electrons. The Bertz CT molecular complexity index is 990. The first-order chi connectivity index (χ1) is 13.5. The third kappa shape index (κ3) is 4.51. The molecule has 0 aliphatic heterocycles. The number of nitrogens with zero attached hydrogens (tertiary/aromatic N) is 4. The topological polar surface area (TPSA) is 99.0 Å². The van der Waals surface area contributed by atoms with Crippen LogP contribution in [-0.2, 0) is 16.6 Å². The van der Waals surface area contributed by atoms with E-state index in [1.165, 1.54) is 16.4 Å². The Morgan fingerprint density at radius 1 is 1.32 bits per heavy atom. The molecule has 8 nitrogen and oxygen atoms in total. The molecular formula is C17H16ClN5O3S2. The van der Waals surface area contributed by atoms with E-state index in [0.29, 0.717) is 20.1 Å². The Morgan fingerprint density at radius 3 is 2.71 bits per heavy atom. The lowest BCUT2D eigenvalue weighted by Crippen LogP contribution is -2.16. The molecule has 0 fully saturated rings. The van der Waals surface area contributed by atoms with Crippen LogP contribution >= 0.6 is 34.7 Å². The summed E-state index contributed by atoms with van der Waals surface area (Å²) in [5.41, 5.74) is 1.57. The minimum atomic E-state index is -0.537. The number of thioether (sulfide) groups is 1. The number of halogens is 1. The SMILES string of the molecule is CCOC(=O)c1c(NC(=O)CSc2nnnn2C)sc(Cl)c1-c1ccccc1. The Kier molecular flexibility index (Phi) is 6.65. The number of benzene rings is 1. The molecule has 1 amide bonds. The van der Waals surface area contributed by atoms with Gasteiger partial charge in [-0.05, 0) is 22.9 Å². The van der Waals surface area contributed by atoms with E-state index >= 15 is 0 Å². The molecule has 1 N–H and O–H groups in total. The number of nitrogens with one attached hydrogen (secondary N) is 1. The fourth-order valence-electron chi connectivity index (χ4n) is 2.39. The zero-order valence-corrected chi connectivity index (χ0v) is 17.4. The molecule has 0 radical (unpaired) electrons. The van der Waals surface area contributed by atoms with Crippen LogP contribution in [0.2, 0.25) is 4.34 Å². The molecule has 0 saturated heterocycles. The molecule has 0 saturated carbocycles. The van der Waals surface area contributed by atoms with Gasteiger partial charge >= 0.3 is 5.97 Å². The maximum absolute atomic E-state index is 12.6. The summed E-state index contributed by atoms with van der Waals surface area (Å²) in [5, 5.41) is 14.7. The number of hydrogen-bond acceptors (Lipinski definition) is 8. The first kappa shape index (κ1) is 20.3. The molecule has 0 spiro atoms. The van der Waals surface area contributed by atoms with Crippen LogP contribution < -0.4 is 5.32 Å². The van der Waals surface area contributed by atoms with Crippen molar-refractivity contribution in [1.82, 2.24) is 20.2 Å². The Balaban J connectivity index is 1.86. The average Bonchev–Trinajstić information content (AvgIpc) is 3.23. The molecule has 0 bridgehead atoms. The van der Waals surface area contributed by atoms with Gasteiger partial charge in [-0.15, -0.1) is 16.4 Å². The number of tetrazole rings is 1. The van der Waals surface area contributed by atoms with Crippen LogP contribution in [0.3, 0.4) is 0 Å². The molecule has 1 aromatic carbocycles. The van der Waals surface area contributed by atoms with Gasteiger partial charge in [-0.1, -0.05) is 53.7 Å². The predicted octanol–water partition coefficient (Wildman–Crippen LogP) is 3.50. The number of amides is 1. The minimum absolute atomic E-state index is 0.0761. The van der Waals surface area contributed by atoms with Crippen LogP contribution in [0.1, 0.15) is 17.3 Å². The lowest BCUT2D eigenvalue weighted by molar-refractivity contribution is -0.113. The first-order valence-electron chi connectivity index (χ1n) is 8.21. The Hall–Kier alpha value is -2.43. The zero-order chi connectivity index (χ0) is 20.1. The van der Waals surface area contributed by atoms with E-state index in [1.807, 2.05) is 30.3 Å². The van der Waals surface area contributed by atoms with Gasteiger partial charge in [0.05, 0.1) is 12.4 Å². The normalized spacial score (nSPS) is 10.7. The van der Waals surface area contributed by atoms with Crippen molar-refractivity contribution < 1.29 is 14.3 Å². The van der Waals surface area contributed by atoms with Crippen LogP contribution in [-0.4, -0.2) is 44.4 Å². The number of aromatic nitrogens is 4.